The topological polar surface area (TPSA) is 51.8 Å². The van der Waals surface area contributed by atoms with E-state index >= 15 is 0 Å². The summed E-state index contributed by atoms with van der Waals surface area (Å²) in [5, 5.41) is 2.00. The van der Waals surface area contributed by atoms with Crippen LogP contribution in [0.25, 0.3) is 101 Å². The fourth-order valence-electron chi connectivity index (χ4n) is 7.34. The van der Waals surface area contributed by atoms with E-state index in [-0.39, 0.29) is 0 Å². The first kappa shape index (κ1) is 32.2. The second-order valence-corrected chi connectivity index (χ2v) is 13.6. The molecule has 0 bridgehead atoms. The first-order valence-corrected chi connectivity index (χ1v) is 18.4. The molecule has 0 N–H and O–H groups in total. The van der Waals surface area contributed by atoms with Crippen molar-refractivity contribution in [1.29, 1.82) is 0 Å². The Kier molecular flexibility index (Phi) is 8.12. The van der Waals surface area contributed by atoms with Gasteiger partial charge in [-0.1, -0.05) is 176 Å². The molecule has 258 valence electrons. The molecule has 2 aromatic heterocycles. The molecule has 0 fully saturated rings. The van der Waals surface area contributed by atoms with Crippen molar-refractivity contribution >= 4 is 21.9 Å². The Morgan fingerprint density at radius 2 is 0.673 bits per heavy atom. The van der Waals surface area contributed by atoms with Gasteiger partial charge < -0.3 is 4.42 Å². The summed E-state index contributed by atoms with van der Waals surface area (Å²) >= 11 is 0. The normalized spacial score (nSPS) is 11.3. The molecule has 10 rings (SSSR count). The number of furan rings is 1. The highest BCUT2D eigenvalue weighted by atomic mass is 16.3. The van der Waals surface area contributed by atoms with Gasteiger partial charge in [0.2, 0.25) is 0 Å². The van der Waals surface area contributed by atoms with Crippen molar-refractivity contribution in [3.05, 3.63) is 200 Å². The number of aromatic nitrogens is 3. The Morgan fingerprint density at radius 1 is 0.273 bits per heavy atom. The van der Waals surface area contributed by atoms with Gasteiger partial charge >= 0.3 is 0 Å². The second-order valence-electron chi connectivity index (χ2n) is 13.6. The van der Waals surface area contributed by atoms with E-state index in [4.69, 9.17) is 19.4 Å². The summed E-state index contributed by atoms with van der Waals surface area (Å²) in [4.78, 5) is 14.9. The third-order valence-corrected chi connectivity index (χ3v) is 10.2. The van der Waals surface area contributed by atoms with Gasteiger partial charge in [0.15, 0.2) is 17.5 Å². The molecule has 0 spiro atoms. The molecule has 0 atom stereocenters. The lowest BCUT2D eigenvalue weighted by molar-refractivity contribution is 0.669. The van der Waals surface area contributed by atoms with Crippen molar-refractivity contribution in [2.24, 2.45) is 0 Å². The van der Waals surface area contributed by atoms with E-state index in [1.54, 1.807) is 0 Å². The summed E-state index contributed by atoms with van der Waals surface area (Å²) < 4.78 is 6.52. The fourth-order valence-corrected chi connectivity index (χ4v) is 7.34. The van der Waals surface area contributed by atoms with E-state index in [0.29, 0.717) is 17.5 Å². The monoisotopic (exact) mass is 703 g/mol. The standard InChI is InChI=1S/C51H33N3O/c1-4-12-34(13-5-1)35-22-24-36(25-23-35)41-18-10-19-42(32-41)37-26-28-38(29-27-37)43-30-31-44-47(33-43)55-46-21-11-20-45(48(44)46)51-53-49(39-14-6-2-7-15-39)52-50(54-51)40-16-8-3-9-17-40/h1-33H. The van der Waals surface area contributed by atoms with Gasteiger partial charge in [0.25, 0.3) is 0 Å². The van der Waals surface area contributed by atoms with Gasteiger partial charge in [-0.2, -0.15) is 0 Å². The molecule has 4 heteroatoms. The molecule has 55 heavy (non-hydrogen) atoms. The van der Waals surface area contributed by atoms with Gasteiger partial charge in [0.1, 0.15) is 11.2 Å². The second kappa shape index (κ2) is 13.8. The number of rotatable bonds is 7. The highest BCUT2D eigenvalue weighted by Gasteiger charge is 2.18. The highest BCUT2D eigenvalue weighted by molar-refractivity contribution is 6.12. The first-order valence-electron chi connectivity index (χ1n) is 18.4. The van der Waals surface area contributed by atoms with Crippen LogP contribution in [0.3, 0.4) is 0 Å². The zero-order chi connectivity index (χ0) is 36.6. The molecule has 0 amide bonds. The number of hydrogen-bond acceptors (Lipinski definition) is 4. The molecule has 10 aromatic rings. The van der Waals surface area contributed by atoms with Crippen LogP contribution in [-0.2, 0) is 0 Å². The van der Waals surface area contributed by atoms with Crippen LogP contribution in [0.4, 0.5) is 0 Å². The molecule has 2 heterocycles. The SMILES string of the molecule is c1ccc(-c2ccc(-c3cccc(-c4ccc(-c5ccc6c(c5)oc5cccc(-c7nc(-c8ccccc8)nc(-c8ccccc8)n7)c56)cc4)c3)cc2)cc1. The minimum Gasteiger partial charge on any atom is -0.456 e. The zero-order valence-electron chi connectivity index (χ0n) is 29.8. The lowest BCUT2D eigenvalue weighted by atomic mass is 9.96. The number of fused-ring (bicyclic) bond motifs is 3. The fraction of sp³-hybridized carbons (Fsp3) is 0. The molecule has 0 radical (unpaired) electrons. The van der Waals surface area contributed by atoms with Crippen molar-refractivity contribution in [2.45, 2.75) is 0 Å². The molecule has 0 saturated carbocycles. The Labute approximate surface area is 319 Å². The van der Waals surface area contributed by atoms with E-state index in [1.165, 1.54) is 33.4 Å². The summed E-state index contributed by atoms with van der Waals surface area (Å²) in [6.45, 7) is 0. The number of nitrogens with zero attached hydrogens (tertiary/aromatic N) is 3. The minimum atomic E-state index is 0.605. The van der Waals surface area contributed by atoms with Crippen molar-refractivity contribution in [3.8, 4) is 78.7 Å². The Hall–Kier alpha value is -7.43. The quantitative estimate of drug-likeness (QED) is 0.166. The van der Waals surface area contributed by atoms with Crippen LogP contribution < -0.4 is 0 Å². The van der Waals surface area contributed by atoms with E-state index < -0.39 is 0 Å². The maximum atomic E-state index is 6.52. The van der Waals surface area contributed by atoms with Gasteiger partial charge in [-0.15, -0.1) is 0 Å². The van der Waals surface area contributed by atoms with Crippen LogP contribution in [0, 0.1) is 0 Å². The van der Waals surface area contributed by atoms with Gasteiger partial charge in [-0.05, 0) is 68.8 Å². The smallest absolute Gasteiger partial charge is 0.164 e. The number of benzene rings is 8. The van der Waals surface area contributed by atoms with Crippen molar-refractivity contribution in [2.75, 3.05) is 0 Å². The summed E-state index contributed by atoms with van der Waals surface area (Å²) in [7, 11) is 0. The molecule has 0 unspecified atom stereocenters. The third-order valence-electron chi connectivity index (χ3n) is 10.2. The predicted octanol–water partition coefficient (Wildman–Crippen LogP) is 13.4. The maximum absolute atomic E-state index is 6.52. The molecule has 0 aliphatic carbocycles. The molecule has 8 aromatic carbocycles. The molecular weight excluding hydrogens is 671 g/mol. The van der Waals surface area contributed by atoms with E-state index in [9.17, 15) is 0 Å². The van der Waals surface area contributed by atoms with E-state index in [1.807, 2.05) is 78.9 Å². The summed E-state index contributed by atoms with van der Waals surface area (Å²) in [5.41, 5.74) is 13.8. The largest absolute Gasteiger partial charge is 0.456 e. The average Bonchev–Trinajstić information content (AvgIpc) is 3.66. The maximum Gasteiger partial charge on any atom is 0.164 e. The highest BCUT2D eigenvalue weighted by Crippen LogP contribution is 2.39. The lowest BCUT2D eigenvalue weighted by Gasteiger charge is -2.09. The van der Waals surface area contributed by atoms with E-state index in [0.717, 1.165) is 49.8 Å². The lowest BCUT2D eigenvalue weighted by Crippen LogP contribution is -2.00. The third kappa shape index (κ3) is 6.26. The van der Waals surface area contributed by atoms with Crippen LogP contribution in [0.2, 0.25) is 0 Å². The van der Waals surface area contributed by atoms with Gasteiger partial charge in [0, 0.05) is 27.5 Å². The Bertz CT molecular complexity index is 2880. The Balaban J connectivity index is 0.971. The molecule has 0 aliphatic heterocycles. The zero-order valence-corrected chi connectivity index (χ0v) is 29.8. The van der Waals surface area contributed by atoms with Crippen LogP contribution >= 0.6 is 0 Å². The van der Waals surface area contributed by atoms with Crippen molar-refractivity contribution in [3.63, 3.8) is 0 Å². The van der Waals surface area contributed by atoms with Crippen molar-refractivity contribution in [1.82, 2.24) is 15.0 Å². The van der Waals surface area contributed by atoms with Gasteiger partial charge in [-0.25, -0.2) is 15.0 Å². The average molecular weight is 704 g/mol. The van der Waals surface area contributed by atoms with Gasteiger partial charge in [-0.3, -0.25) is 0 Å². The first-order chi connectivity index (χ1) is 27.2. The van der Waals surface area contributed by atoms with Crippen molar-refractivity contribution < 1.29 is 4.42 Å². The van der Waals surface area contributed by atoms with Crippen LogP contribution in [0.5, 0.6) is 0 Å². The number of hydrogen-bond donors (Lipinski definition) is 0. The molecular formula is C51H33N3O. The molecule has 4 nitrogen and oxygen atoms in total. The minimum absolute atomic E-state index is 0.605. The molecule has 0 aliphatic rings. The van der Waals surface area contributed by atoms with Gasteiger partial charge in [0.05, 0.1) is 0 Å². The summed E-state index contributed by atoms with van der Waals surface area (Å²) in [5.74, 6) is 1.86. The van der Waals surface area contributed by atoms with Crippen LogP contribution in [0.15, 0.2) is 205 Å². The molecule has 0 saturated heterocycles. The predicted molar refractivity (Wildman–Crippen MR) is 225 cm³/mol. The summed E-state index contributed by atoms with van der Waals surface area (Å²) in [6.07, 6.45) is 0. The summed E-state index contributed by atoms with van der Waals surface area (Å²) in [6, 6.07) is 69.4. The Morgan fingerprint density at radius 3 is 1.22 bits per heavy atom. The van der Waals surface area contributed by atoms with Crippen LogP contribution in [0.1, 0.15) is 0 Å². The van der Waals surface area contributed by atoms with Crippen LogP contribution in [-0.4, -0.2) is 15.0 Å². The van der Waals surface area contributed by atoms with E-state index in [2.05, 4.69) is 121 Å².